The van der Waals surface area contributed by atoms with Crippen molar-refractivity contribution in [1.82, 2.24) is 5.32 Å². The highest BCUT2D eigenvalue weighted by molar-refractivity contribution is 6.05. The number of carbonyl (C=O) groups excluding carboxylic acids is 2. The van der Waals surface area contributed by atoms with Crippen molar-refractivity contribution in [2.45, 2.75) is 46.5 Å². The van der Waals surface area contributed by atoms with Gasteiger partial charge in [0, 0.05) is 41.3 Å². The fourth-order valence-electron chi connectivity index (χ4n) is 3.09. The molecular formula is C19H23NO2. The van der Waals surface area contributed by atoms with E-state index in [1.165, 1.54) is 0 Å². The maximum absolute atomic E-state index is 12.5. The summed E-state index contributed by atoms with van der Waals surface area (Å²) in [6.45, 7) is 7.54. The summed E-state index contributed by atoms with van der Waals surface area (Å²) in [5.41, 5.74) is 4.14. The fourth-order valence-corrected chi connectivity index (χ4v) is 3.09. The van der Waals surface area contributed by atoms with Crippen molar-refractivity contribution >= 4 is 11.6 Å². The number of hydrogen-bond donors (Lipinski definition) is 1. The maximum atomic E-state index is 12.5. The smallest absolute Gasteiger partial charge is 0.161 e. The first-order valence-corrected chi connectivity index (χ1v) is 7.81. The van der Waals surface area contributed by atoms with E-state index in [4.69, 9.17) is 0 Å². The number of carbonyl (C=O) groups is 2. The quantitative estimate of drug-likeness (QED) is 0.897. The van der Waals surface area contributed by atoms with E-state index in [1.807, 2.05) is 58.0 Å². The molecule has 3 nitrogen and oxygen atoms in total. The SMILES string of the molecule is CCC(=O)C1=C(C)NC(C)=C(C(=O)CC)C1c1ccccc1. The second-order valence-electron chi connectivity index (χ2n) is 5.60. The number of Topliss-reactive ketones (excluding diaryl/α,β-unsaturated/α-hetero) is 2. The van der Waals surface area contributed by atoms with Gasteiger partial charge in [-0.3, -0.25) is 9.59 Å². The van der Waals surface area contributed by atoms with E-state index >= 15 is 0 Å². The van der Waals surface area contributed by atoms with E-state index in [2.05, 4.69) is 5.32 Å². The molecule has 1 heterocycles. The third kappa shape index (κ3) is 2.89. The van der Waals surface area contributed by atoms with Crippen LogP contribution >= 0.6 is 0 Å². The minimum atomic E-state index is -0.262. The van der Waals surface area contributed by atoms with Crippen LogP contribution in [0, 0.1) is 0 Å². The van der Waals surface area contributed by atoms with E-state index < -0.39 is 0 Å². The Morgan fingerprint density at radius 3 is 1.77 bits per heavy atom. The topological polar surface area (TPSA) is 46.2 Å². The van der Waals surface area contributed by atoms with Crippen LogP contribution in [-0.4, -0.2) is 11.6 Å². The minimum absolute atomic E-state index is 0.0905. The molecule has 1 aliphatic heterocycles. The summed E-state index contributed by atoms with van der Waals surface area (Å²) < 4.78 is 0. The van der Waals surface area contributed by atoms with Crippen molar-refractivity contribution in [1.29, 1.82) is 0 Å². The number of hydrogen-bond acceptors (Lipinski definition) is 3. The van der Waals surface area contributed by atoms with Gasteiger partial charge < -0.3 is 5.32 Å². The molecule has 0 radical (unpaired) electrons. The van der Waals surface area contributed by atoms with Gasteiger partial charge in [-0.15, -0.1) is 0 Å². The van der Waals surface area contributed by atoms with Crippen molar-refractivity contribution in [2.24, 2.45) is 0 Å². The summed E-state index contributed by atoms with van der Waals surface area (Å²) in [5, 5.41) is 3.23. The maximum Gasteiger partial charge on any atom is 0.161 e. The first-order chi connectivity index (χ1) is 10.5. The molecule has 116 valence electrons. The Bertz CT molecular complexity index is 615. The molecule has 0 fully saturated rings. The average Bonchev–Trinajstić information content (AvgIpc) is 2.53. The van der Waals surface area contributed by atoms with Crippen LogP contribution in [0.4, 0.5) is 0 Å². The second kappa shape index (κ2) is 6.73. The van der Waals surface area contributed by atoms with Crippen molar-refractivity contribution in [3.63, 3.8) is 0 Å². The third-order valence-electron chi connectivity index (χ3n) is 4.14. The standard InChI is InChI=1S/C19H23NO2/c1-5-15(21)17-12(3)20-13(4)18(16(22)6-2)19(17)14-10-8-7-9-11-14/h7-11,19-20H,5-6H2,1-4H3. The first kappa shape index (κ1) is 16.2. The zero-order valence-electron chi connectivity index (χ0n) is 13.7. The molecule has 1 N–H and O–H groups in total. The molecule has 1 aliphatic rings. The van der Waals surface area contributed by atoms with E-state index in [1.54, 1.807) is 0 Å². The second-order valence-corrected chi connectivity index (χ2v) is 5.60. The Balaban J connectivity index is 2.66. The number of benzene rings is 1. The lowest BCUT2D eigenvalue weighted by Crippen LogP contribution is -2.30. The Labute approximate surface area is 132 Å². The Morgan fingerprint density at radius 1 is 0.909 bits per heavy atom. The van der Waals surface area contributed by atoms with Crippen LogP contribution in [0.3, 0.4) is 0 Å². The van der Waals surface area contributed by atoms with Gasteiger partial charge in [0.05, 0.1) is 0 Å². The van der Waals surface area contributed by atoms with Gasteiger partial charge >= 0.3 is 0 Å². The number of dihydropyridines is 1. The highest BCUT2D eigenvalue weighted by Crippen LogP contribution is 2.39. The molecule has 0 spiro atoms. The highest BCUT2D eigenvalue weighted by Gasteiger charge is 2.34. The first-order valence-electron chi connectivity index (χ1n) is 7.81. The average molecular weight is 297 g/mol. The molecule has 1 aromatic carbocycles. The summed E-state index contributed by atoms with van der Waals surface area (Å²) in [4.78, 5) is 25.0. The number of rotatable bonds is 5. The molecule has 0 amide bonds. The zero-order valence-corrected chi connectivity index (χ0v) is 13.7. The van der Waals surface area contributed by atoms with Crippen LogP contribution in [0.25, 0.3) is 0 Å². The molecule has 0 saturated heterocycles. The predicted octanol–water partition coefficient (Wildman–Crippen LogP) is 3.88. The molecule has 0 atom stereocenters. The van der Waals surface area contributed by atoms with Crippen LogP contribution < -0.4 is 5.32 Å². The van der Waals surface area contributed by atoms with E-state index in [-0.39, 0.29) is 17.5 Å². The molecule has 2 rings (SSSR count). The lowest BCUT2D eigenvalue weighted by Gasteiger charge is -2.31. The van der Waals surface area contributed by atoms with E-state index in [0.29, 0.717) is 12.8 Å². The molecule has 1 aromatic rings. The molecule has 0 bridgehead atoms. The molecule has 0 saturated carbocycles. The number of nitrogens with one attached hydrogen (secondary N) is 1. The lowest BCUT2D eigenvalue weighted by atomic mass is 9.76. The summed E-state index contributed by atoms with van der Waals surface area (Å²) >= 11 is 0. The molecule has 0 unspecified atom stereocenters. The van der Waals surface area contributed by atoms with Gasteiger partial charge in [-0.1, -0.05) is 44.2 Å². The Kier molecular flexibility index (Phi) is 4.96. The largest absolute Gasteiger partial charge is 0.362 e. The Hall–Kier alpha value is -2.16. The third-order valence-corrected chi connectivity index (χ3v) is 4.14. The van der Waals surface area contributed by atoms with Crippen molar-refractivity contribution in [3.8, 4) is 0 Å². The van der Waals surface area contributed by atoms with Gasteiger partial charge in [-0.05, 0) is 19.4 Å². The van der Waals surface area contributed by atoms with Crippen LogP contribution in [0.2, 0.25) is 0 Å². The molecular weight excluding hydrogens is 274 g/mol. The van der Waals surface area contributed by atoms with E-state index in [0.717, 1.165) is 28.1 Å². The van der Waals surface area contributed by atoms with Crippen LogP contribution in [0.15, 0.2) is 52.9 Å². The van der Waals surface area contributed by atoms with Gasteiger partial charge in [-0.2, -0.15) is 0 Å². The summed E-state index contributed by atoms with van der Waals surface area (Å²) in [6, 6.07) is 9.82. The molecule has 22 heavy (non-hydrogen) atoms. The van der Waals surface area contributed by atoms with Crippen molar-refractivity contribution in [3.05, 3.63) is 58.4 Å². The van der Waals surface area contributed by atoms with E-state index in [9.17, 15) is 9.59 Å². The normalized spacial score (nSPS) is 15.8. The summed E-state index contributed by atoms with van der Waals surface area (Å²) in [7, 11) is 0. The number of allylic oxidation sites excluding steroid dienone is 4. The monoisotopic (exact) mass is 297 g/mol. The van der Waals surface area contributed by atoms with Gasteiger partial charge in [0.2, 0.25) is 0 Å². The zero-order chi connectivity index (χ0) is 16.3. The van der Waals surface area contributed by atoms with Crippen molar-refractivity contribution < 1.29 is 9.59 Å². The van der Waals surface area contributed by atoms with Gasteiger partial charge in [-0.25, -0.2) is 0 Å². The fraction of sp³-hybridized carbons (Fsp3) is 0.368. The predicted molar refractivity (Wildman–Crippen MR) is 88.3 cm³/mol. The van der Waals surface area contributed by atoms with Crippen molar-refractivity contribution in [2.75, 3.05) is 0 Å². The minimum Gasteiger partial charge on any atom is -0.362 e. The number of ketones is 2. The lowest BCUT2D eigenvalue weighted by molar-refractivity contribution is -0.116. The van der Waals surface area contributed by atoms with Crippen LogP contribution in [-0.2, 0) is 9.59 Å². The van der Waals surface area contributed by atoms with Gasteiger partial charge in [0.1, 0.15) is 0 Å². The Morgan fingerprint density at radius 2 is 1.36 bits per heavy atom. The van der Waals surface area contributed by atoms with Crippen LogP contribution in [0.5, 0.6) is 0 Å². The summed E-state index contributed by atoms with van der Waals surface area (Å²) in [6.07, 6.45) is 0.870. The van der Waals surface area contributed by atoms with Gasteiger partial charge in [0.15, 0.2) is 11.6 Å². The molecule has 0 aromatic heterocycles. The van der Waals surface area contributed by atoms with Crippen LogP contribution in [0.1, 0.15) is 52.0 Å². The van der Waals surface area contributed by atoms with Gasteiger partial charge in [0.25, 0.3) is 0 Å². The molecule has 0 aliphatic carbocycles. The highest BCUT2D eigenvalue weighted by atomic mass is 16.1. The summed E-state index contributed by atoms with van der Waals surface area (Å²) in [5.74, 6) is -0.0807. The molecule has 3 heteroatoms.